The number of thioether (sulfide) groups is 4. The predicted molar refractivity (Wildman–Crippen MR) is 374 cm³/mol. The van der Waals surface area contributed by atoms with Crippen molar-refractivity contribution in [1.82, 2.24) is 22.6 Å². The number of amides is 6. The van der Waals surface area contributed by atoms with E-state index in [-0.39, 0.29) is 78.9 Å². The molecule has 3 aromatic rings. The van der Waals surface area contributed by atoms with E-state index < -0.39 is 90.0 Å². The van der Waals surface area contributed by atoms with Crippen molar-refractivity contribution in [2.45, 2.75) is 166 Å². The van der Waals surface area contributed by atoms with Crippen molar-refractivity contribution >= 4 is 134 Å². The molecule has 6 fully saturated rings. The monoisotopic (exact) mass is 1570 g/mol. The van der Waals surface area contributed by atoms with E-state index in [2.05, 4.69) is 32.3 Å². The molecule has 0 aliphatic carbocycles. The lowest BCUT2D eigenvalue weighted by Gasteiger charge is -2.44. The van der Waals surface area contributed by atoms with Gasteiger partial charge in [0.15, 0.2) is 0 Å². The number of nitrogens with zero attached hydrogens (tertiary/aromatic N) is 5. The largest absolute Gasteiger partial charge is 0.481 e. The second-order valence-corrected chi connectivity index (χ2v) is 32.4. The molecule has 2 spiro atoms. The van der Waals surface area contributed by atoms with Gasteiger partial charge in [-0.2, -0.15) is 17.1 Å². The van der Waals surface area contributed by atoms with Crippen LogP contribution in [0, 0.1) is 17.8 Å². The minimum absolute atomic E-state index is 0. The van der Waals surface area contributed by atoms with Gasteiger partial charge >= 0.3 is 48.4 Å². The second-order valence-electron chi connectivity index (χ2n) is 24.7. The zero-order valence-electron chi connectivity index (χ0n) is 56.1. The molecule has 0 saturated carbocycles. The maximum Gasteiger partial charge on any atom is 0.446 e. The minimum Gasteiger partial charge on any atom is -0.481 e. The number of ether oxygens (including phenoxy) is 5. The van der Waals surface area contributed by atoms with Crippen molar-refractivity contribution in [1.29, 1.82) is 0 Å². The summed E-state index contributed by atoms with van der Waals surface area (Å²) in [6, 6.07) is 27.9. The van der Waals surface area contributed by atoms with E-state index in [1.807, 2.05) is 135 Å². The third kappa shape index (κ3) is 27.5. The highest BCUT2D eigenvalue weighted by atomic mass is 79.9. The van der Waals surface area contributed by atoms with Crippen LogP contribution >= 0.6 is 79.3 Å². The van der Waals surface area contributed by atoms with E-state index in [1.54, 1.807) is 70.0 Å². The topological polar surface area (TPSA) is 236 Å². The molecule has 97 heavy (non-hydrogen) atoms. The van der Waals surface area contributed by atoms with E-state index >= 15 is 0 Å². The van der Waals surface area contributed by atoms with E-state index in [0.29, 0.717) is 39.4 Å². The predicted octanol–water partition coefficient (Wildman–Crippen LogP) is 15.5. The average Bonchev–Trinajstić information content (AvgIpc) is 1.55. The first-order valence-electron chi connectivity index (χ1n) is 31.3. The number of urea groups is 1. The van der Waals surface area contributed by atoms with Gasteiger partial charge in [0.05, 0.1) is 65.1 Å². The van der Waals surface area contributed by atoms with Crippen LogP contribution in [0.15, 0.2) is 91.0 Å². The first kappa shape index (κ1) is 83.9. The summed E-state index contributed by atoms with van der Waals surface area (Å²) in [6.45, 7) is 18.5. The highest BCUT2D eigenvalue weighted by Crippen LogP contribution is 2.55. The summed E-state index contributed by atoms with van der Waals surface area (Å²) in [5.74, 6) is -2.63. The van der Waals surface area contributed by atoms with E-state index in [0.717, 1.165) is 50.0 Å². The molecule has 9 rings (SSSR count). The van der Waals surface area contributed by atoms with E-state index in [1.165, 1.54) is 13.7 Å². The number of carbonyl (C=O) groups excluding carboxylic acids is 8. The first-order valence-corrected chi connectivity index (χ1v) is 36.0. The van der Waals surface area contributed by atoms with Crippen LogP contribution in [0.4, 0.5) is 41.1 Å². The van der Waals surface area contributed by atoms with Crippen molar-refractivity contribution < 1.29 is 95.3 Å². The molecule has 31 heteroatoms. The summed E-state index contributed by atoms with van der Waals surface area (Å²) in [7, 11) is 0. The molecule has 542 valence electrons. The number of alkyl halides is 5. The molecule has 0 radical (unpaired) electrons. The summed E-state index contributed by atoms with van der Waals surface area (Å²) < 4.78 is 94.3. The lowest BCUT2D eigenvalue weighted by atomic mass is 9.90. The molecule has 6 aliphatic rings. The SMILES string of the molecule is C.CC(C)(C)OC(=O)CC1CN(C(=O)OCc2ccccc2)CCC1(F)F.CC(C)(C)OC(=O)CC1CN(C(=O)OCc2ccccc2)CCC12SCCS2.CC1(C)C(=O)N(Br)C(=O)N1Br.O=C(O)C1CN(C(=O)OCc2ccccc2)CCC12SCCS2.O=CC(F)(F)F.[2H]CC. The van der Waals surface area contributed by atoms with E-state index in [4.69, 9.17) is 29.8 Å². The fourth-order valence-electron chi connectivity index (χ4n) is 10.1. The lowest BCUT2D eigenvalue weighted by Crippen LogP contribution is -2.52. The number of rotatable bonds is 11. The number of carboxylic acid groups (broad SMARTS) is 1. The normalized spacial score (nSPS) is 20.5. The molecule has 3 unspecified atom stereocenters. The number of carboxylic acids is 1. The van der Waals surface area contributed by atoms with Gasteiger partial charge in [-0.3, -0.25) is 24.0 Å². The first-order chi connectivity index (χ1) is 45.3. The summed E-state index contributed by atoms with van der Waals surface area (Å²) in [4.78, 5) is 109. The van der Waals surface area contributed by atoms with Crippen molar-refractivity contribution in [3.8, 4) is 0 Å². The van der Waals surface area contributed by atoms with Crippen LogP contribution in [0.3, 0.4) is 0 Å². The van der Waals surface area contributed by atoms with Crippen molar-refractivity contribution in [3.63, 3.8) is 0 Å². The average molecular weight is 1580 g/mol. The number of hydrogen-bond donors (Lipinski definition) is 1. The highest BCUT2D eigenvalue weighted by molar-refractivity contribution is 9.08. The summed E-state index contributed by atoms with van der Waals surface area (Å²) in [5.41, 5.74) is 0.662. The van der Waals surface area contributed by atoms with Crippen molar-refractivity contribution in [2.24, 2.45) is 17.8 Å². The molecule has 3 aromatic carbocycles. The smallest absolute Gasteiger partial charge is 0.446 e. The zero-order valence-corrected chi connectivity index (χ0v) is 61.5. The Labute approximate surface area is 601 Å². The zero-order chi connectivity index (χ0) is 72.6. The van der Waals surface area contributed by atoms with Crippen molar-refractivity contribution in [2.75, 3.05) is 62.3 Å². The van der Waals surface area contributed by atoms with Gasteiger partial charge in [0.2, 0.25) is 6.29 Å². The van der Waals surface area contributed by atoms with Gasteiger partial charge in [-0.1, -0.05) is 112 Å². The van der Waals surface area contributed by atoms with Crippen LogP contribution < -0.4 is 0 Å². The van der Waals surface area contributed by atoms with Gasteiger partial charge in [-0.15, -0.1) is 47.0 Å². The molecular formula is C66H90Br2F5N5O15S4. The van der Waals surface area contributed by atoms with Gasteiger partial charge < -0.3 is 43.5 Å². The van der Waals surface area contributed by atoms with Crippen LogP contribution in [0.2, 0.25) is 0 Å². The van der Waals surface area contributed by atoms with Crippen LogP contribution in [0.1, 0.15) is 127 Å². The Morgan fingerprint density at radius 2 is 0.938 bits per heavy atom. The maximum absolute atomic E-state index is 14.2. The molecule has 6 amide bonds. The Morgan fingerprint density at radius 1 is 0.608 bits per heavy atom. The number of hydrogen-bond acceptors (Lipinski definition) is 18. The van der Waals surface area contributed by atoms with Crippen LogP contribution in [-0.4, -0.2) is 181 Å². The molecule has 0 bridgehead atoms. The fraction of sp³-hybridized carbons (Fsp3) is 0.591. The number of aliphatic carboxylic acids is 1. The summed E-state index contributed by atoms with van der Waals surface area (Å²) in [5, 5.41) is 9.57. The molecule has 0 aromatic heterocycles. The molecule has 1 N–H and O–H groups in total. The number of carbonyl (C=O) groups is 9. The Balaban J connectivity index is 0.000000335. The number of esters is 2. The number of piperidine rings is 3. The summed E-state index contributed by atoms with van der Waals surface area (Å²) in [6.07, 6.45) is -6.13. The number of benzene rings is 3. The van der Waals surface area contributed by atoms with Gasteiger partial charge in [0.1, 0.15) is 36.6 Å². The Morgan fingerprint density at radius 3 is 1.26 bits per heavy atom. The molecule has 3 atom stereocenters. The van der Waals surface area contributed by atoms with Gasteiger partial charge in [0.25, 0.3) is 11.8 Å². The number of halogens is 7. The molecule has 20 nitrogen and oxygen atoms in total. The van der Waals surface area contributed by atoms with Gasteiger partial charge in [-0.05, 0) is 84.9 Å². The Bertz CT molecular complexity index is 3070. The van der Waals surface area contributed by atoms with E-state index in [9.17, 15) is 65.4 Å². The van der Waals surface area contributed by atoms with Crippen LogP contribution in [-0.2, 0) is 67.5 Å². The van der Waals surface area contributed by atoms with Crippen molar-refractivity contribution in [3.05, 3.63) is 108 Å². The molecule has 6 saturated heterocycles. The molecular weight excluding hydrogens is 1490 g/mol. The molecule has 6 heterocycles. The van der Waals surface area contributed by atoms with Gasteiger partial charge in [-0.25, -0.2) is 31.9 Å². The minimum atomic E-state index is -4.64. The number of aldehydes is 1. The summed E-state index contributed by atoms with van der Waals surface area (Å²) >= 11 is 13.2. The standard InChI is InChI=1S/C21H29NO4S2.C19H25F2NO4.C16H19NO4S2.C5H6Br2N2O2.C2HF3O.C2H6.CH4/c1-20(2,3)26-18(23)13-17-14-22(10-9-21(17)27-11-12-28-21)19(24)25-15-16-7-5-4-6-8-16;1-18(2,3)26-16(23)11-15-12-22(10-9-19(15,20)21)17(24)25-13-14-7-5-4-6-8-14;18-14(19)13-10-17(7-6-16(13)22-8-9-23-16)15(20)21-11-12-4-2-1-3-5-12;1-5(2)3(10)8(6)4(11)9(5)7;3-2(4,5)1-6;1-2;/h4-8,17H,9-15H2,1-3H3;4-8,15H,9-13H2,1-3H3;1-5,13H,6-11H2,(H,18,19);1-2H3;1H;1-2H3;1H4/i;;;;;1D;. The molecule has 6 aliphatic heterocycles. The number of imide groups is 1. The second kappa shape index (κ2) is 38.9. The van der Waals surface area contributed by atoms with Gasteiger partial charge in [0, 0.05) is 76.0 Å². The number of likely N-dealkylation sites (tertiary alicyclic amines) is 3. The maximum atomic E-state index is 14.2. The highest BCUT2D eigenvalue weighted by Gasteiger charge is 2.53. The third-order valence-electron chi connectivity index (χ3n) is 14.8. The quantitative estimate of drug-likeness (QED) is 0.0469. The Kier molecular flexibility index (Phi) is 33.7. The Hall–Kier alpha value is -5.50. The fourth-order valence-corrected chi connectivity index (χ4v) is 18.1. The van der Waals surface area contributed by atoms with Crippen LogP contribution in [0.5, 0.6) is 0 Å². The lowest BCUT2D eigenvalue weighted by molar-refractivity contribution is -0.164. The third-order valence-corrected chi connectivity index (χ3v) is 24.2. The van der Waals surface area contributed by atoms with Crippen LogP contribution in [0.25, 0.3) is 0 Å².